The molecule has 1 aromatic rings. The van der Waals surface area contributed by atoms with Crippen LogP contribution < -0.4 is 9.47 Å². The minimum absolute atomic E-state index is 0.141. The monoisotopic (exact) mass is 224 g/mol. The summed E-state index contributed by atoms with van der Waals surface area (Å²) in [4.78, 5) is 0. The minimum atomic E-state index is -0.832. The zero-order chi connectivity index (χ0) is 12.2. The van der Waals surface area contributed by atoms with Gasteiger partial charge < -0.3 is 14.6 Å². The Hall–Kier alpha value is -1.22. The van der Waals surface area contributed by atoms with Gasteiger partial charge in [-0.05, 0) is 25.0 Å². The van der Waals surface area contributed by atoms with Crippen molar-refractivity contribution < 1.29 is 14.6 Å². The van der Waals surface area contributed by atoms with Gasteiger partial charge in [-0.15, -0.1) is 0 Å². The second-order valence-corrected chi connectivity index (χ2v) is 4.45. The van der Waals surface area contributed by atoms with Crippen LogP contribution in [0.25, 0.3) is 0 Å². The molecule has 0 aromatic heterocycles. The zero-order valence-corrected chi connectivity index (χ0v) is 10.4. The van der Waals surface area contributed by atoms with Crippen molar-refractivity contribution in [2.24, 2.45) is 5.92 Å². The summed E-state index contributed by atoms with van der Waals surface area (Å²) in [6.45, 7) is 5.95. The van der Waals surface area contributed by atoms with Gasteiger partial charge in [0, 0.05) is 0 Å². The molecule has 0 saturated carbocycles. The summed E-state index contributed by atoms with van der Waals surface area (Å²) in [6.07, 6.45) is 0. The van der Waals surface area contributed by atoms with Crippen LogP contribution in [0.5, 0.6) is 11.5 Å². The van der Waals surface area contributed by atoms with Crippen LogP contribution in [0.15, 0.2) is 24.3 Å². The van der Waals surface area contributed by atoms with Gasteiger partial charge >= 0.3 is 0 Å². The maximum Gasteiger partial charge on any atom is 0.161 e. The summed E-state index contributed by atoms with van der Waals surface area (Å²) in [7, 11) is 1.60. The first kappa shape index (κ1) is 12.8. The van der Waals surface area contributed by atoms with Crippen molar-refractivity contribution in [1.82, 2.24) is 0 Å². The van der Waals surface area contributed by atoms with Crippen LogP contribution in [0.3, 0.4) is 0 Å². The van der Waals surface area contributed by atoms with Gasteiger partial charge in [0.2, 0.25) is 0 Å². The molecule has 90 valence electrons. The van der Waals surface area contributed by atoms with Gasteiger partial charge in [-0.25, -0.2) is 0 Å². The maximum absolute atomic E-state index is 10.1. The van der Waals surface area contributed by atoms with E-state index in [4.69, 9.17) is 9.47 Å². The van der Waals surface area contributed by atoms with Gasteiger partial charge in [-0.2, -0.15) is 0 Å². The molecule has 0 spiro atoms. The third kappa shape index (κ3) is 3.14. The minimum Gasteiger partial charge on any atom is -0.493 e. The number of methoxy groups -OCH3 is 1. The zero-order valence-electron chi connectivity index (χ0n) is 10.4. The van der Waals surface area contributed by atoms with E-state index in [1.165, 1.54) is 0 Å². The van der Waals surface area contributed by atoms with Gasteiger partial charge in [0.1, 0.15) is 6.61 Å². The summed E-state index contributed by atoms with van der Waals surface area (Å²) in [6, 6.07) is 7.42. The number of para-hydroxylation sites is 2. The molecule has 1 aromatic carbocycles. The normalized spacial score (nSPS) is 14.6. The number of hydrogen-bond donors (Lipinski definition) is 1. The molecule has 1 atom stereocenters. The Morgan fingerprint density at radius 3 is 2.31 bits per heavy atom. The average Bonchev–Trinajstić information content (AvgIpc) is 2.26. The second-order valence-electron chi connectivity index (χ2n) is 4.45. The van der Waals surface area contributed by atoms with E-state index in [9.17, 15) is 5.11 Å². The molecule has 0 radical (unpaired) electrons. The average molecular weight is 224 g/mol. The third-order valence-electron chi connectivity index (χ3n) is 2.83. The summed E-state index contributed by atoms with van der Waals surface area (Å²) >= 11 is 0. The maximum atomic E-state index is 10.1. The molecule has 16 heavy (non-hydrogen) atoms. The Balaban J connectivity index is 2.67. The second kappa shape index (κ2) is 5.21. The smallest absolute Gasteiger partial charge is 0.161 e. The first-order valence-electron chi connectivity index (χ1n) is 5.45. The lowest BCUT2D eigenvalue weighted by molar-refractivity contribution is -0.0271. The number of aliphatic hydroxyl groups is 1. The largest absolute Gasteiger partial charge is 0.493 e. The van der Waals surface area contributed by atoms with Gasteiger partial charge in [0.05, 0.1) is 12.7 Å². The lowest BCUT2D eigenvalue weighted by atomic mass is 9.94. The highest BCUT2D eigenvalue weighted by atomic mass is 16.5. The van der Waals surface area contributed by atoms with Crippen molar-refractivity contribution >= 4 is 0 Å². The molecule has 0 aliphatic rings. The standard InChI is InChI=1S/C13H20O3/c1-10(2)13(3,14)9-16-12-8-6-5-7-11(12)15-4/h5-8,10,14H,9H2,1-4H3. The summed E-state index contributed by atoms with van der Waals surface area (Å²) in [5.41, 5.74) is -0.832. The van der Waals surface area contributed by atoms with E-state index in [-0.39, 0.29) is 12.5 Å². The highest BCUT2D eigenvalue weighted by molar-refractivity contribution is 5.39. The fraction of sp³-hybridized carbons (Fsp3) is 0.538. The van der Waals surface area contributed by atoms with Crippen LogP contribution in [0.2, 0.25) is 0 Å². The molecule has 1 unspecified atom stereocenters. The Bertz CT molecular complexity index is 332. The number of benzene rings is 1. The molecule has 3 heteroatoms. The van der Waals surface area contributed by atoms with E-state index in [0.717, 1.165) is 0 Å². The van der Waals surface area contributed by atoms with Crippen molar-refractivity contribution in [3.05, 3.63) is 24.3 Å². The van der Waals surface area contributed by atoms with E-state index in [1.807, 2.05) is 38.1 Å². The van der Waals surface area contributed by atoms with E-state index in [2.05, 4.69) is 0 Å². The van der Waals surface area contributed by atoms with Crippen LogP contribution >= 0.6 is 0 Å². The number of ether oxygens (including phenoxy) is 2. The Kier molecular flexibility index (Phi) is 4.19. The molecule has 0 amide bonds. The van der Waals surface area contributed by atoms with E-state index in [1.54, 1.807) is 14.0 Å². The number of hydrogen-bond acceptors (Lipinski definition) is 3. The van der Waals surface area contributed by atoms with E-state index < -0.39 is 5.60 Å². The third-order valence-corrected chi connectivity index (χ3v) is 2.83. The van der Waals surface area contributed by atoms with Crippen LogP contribution in [0.4, 0.5) is 0 Å². The van der Waals surface area contributed by atoms with Crippen LogP contribution in [-0.4, -0.2) is 24.4 Å². The van der Waals surface area contributed by atoms with Crippen LogP contribution in [0, 0.1) is 5.92 Å². The lowest BCUT2D eigenvalue weighted by Crippen LogP contribution is -2.37. The van der Waals surface area contributed by atoms with Crippen molar-refractivity contribution in [2.75, 3.05) is 13.7 Å². The Morgan fingerprint density at radius 2 is 1.81 bits per heavy atom. The fourth-order valence-corrected chi connectivity index (χ4v) is 1.13. The molecule has 0 bridgehead atoms. The van der Waals surface area contributed by atoms with Gasteiger partial charge in [0.15, 0.2) is 11.5 Å². The van der Waals surface area contributed by atoms with Crippen molar-refractivity contribution in [3.8, 4) is 11.5 Å². The first-order chi connectivity index (χ1) is 7.47. The molecular formula is C13H20O3. The summed E-state index contributed by atoms with van der Waals surface area (Å²) in [5.74, 6) is 1.48. The lowest BCUT2D eigenvalue weighted by Gasteiger charge is -2.27. The van der Waals surface area contributed by atoms with Crippen LogP contribution in [-0.2, 0) is 0 Å². The SMILES string of the molecule is COc1ccccc1OCC(C)(O)C(C)C. The van der Waals surface area contributed by atoms with Gasteiger partial charge in [0.25, 0.3) is 0 Å². The predicted molar refractivity (Wildman–Crippen MR) is 64.0 cm³/mol. The fourth-order valence-electron chi connectivity index (χ4n) is 1.13. The van der Waals surface area contributed by atoms with Crippen LogP contribution in [0.1, 0.15) is 20.8 Å². The highest BCUT2D eigenvalue weighted by Gasteiger charge is 2.26. The first-order valence-corrected chi connectivity index (χ1v) is 5.45. The van der Waals surface area contributed by atoms with Crippen molar-refractivity contribution in [3.63, 3.8) is 0 Å². The summed E-state index contributed by atoms with van der Waals surface area (Å²) in [5, 5.41) is 10.1. The van der Waals surface area contributed by atoms with Crippen molar-refractivity contribution in [1.29, 1.82) is 0 Å². The molecule has 0 heterocycles. The molecule has 0 saturated heterocycles. The summed E-state index contributed by atoms with van der Waals surface area (Å²) < 4.78 is 10.7. The Morgan fingerprint density at radius 1 is 1.25 bits per heavy atom. The van der Waals surface area contributed by atoms with Gasteiger partial charge in [-0.1, -0.05) is 26.0 Å². The molecule has 1 rings (SSSR count). The predicted octanol–water partition coefficient (Wildman–Crippen LogP) is 2.48. The molecule has 0 aliphatic heterocycles. The van der Waals surface area contributed by atoms with Gasteiger partial charge in [-0.3, -0.25) is 0 Å². The van der Waals surface area contributed by atoms with E-state index in [0.29, 0.717) is 11.5 Å². The molecule has 0 aliphatic carbocycles. The van der Waals surface area contributed by atoms with Crippen molar-refractivity contribution in [2.45, 2.75) is 26.4 Å². The van der Waals surface area contributed by atoms with E-state index >= 15 is 0 Å². The Labute approximate surface area is 97.0 Å². The highest BCUT2D eigenvalue weighted by Crippen LogP contribution is 2.27. The molecule has 1 N–H and O–H groups in total. The topological polar surface area (TPSA) is 38.7 Å². The molecule has 0 fully saturated rings. The molecular weight excluding hydrogens is 204 g/mol. The quantitative estimate of drug-likeness (QED) is 0.835. The molecule has 3 nitrogen and oxygen atoms in total. The number of rotatable bonds is 5.